The van der Waals surface area contributed by atoms with Crippen LogP contribution in [0.15, 0.2) is 18.2 Å². The van der Waals surface area contributed by atoms with E-state index in [0.717, 1.165) is 31.1 Å². The number of hydrogen-bond donors (Lipinski definition) is 1. The number of carboxylic acids is 1. The maximum atomic E-state index is 10.5. The third kappa shape index (κ3) is 4.16. The lowest BCUT2D eigenvalue weighted by atomic mass is 10.1. The molecule has 1 aromatic heterocycles. The van der Waals surface area contributed by atoms with Crippen molar-refractivity contribution in [3.8, 4) is 0 Å². The average molecular weight is 294 g/mol. The summed E-state index contributed by atoms with van der Waals surface area (Å²) in [6.45, 7) is 6.55. The highest BCUT2D eigenvalue weighted by atomic mass is 32.1. The van der Waals surface area contributed by atoms with Gasteiger partial charge in [-0.2, -0.15) is 0 Å². The van der Waals surface area contributed by atoms with Crippen molar-refractivity contribution >= 4 is 23.4 Å². The molecule has 1 aromatic rings. The normalized spacial score (nSPS) is 21.6. The Kier molecular flexibility index (Phi) is 5.34. The van der Waals surface area contributed by atoms with E-state index in [0.29, 0.717) is 6.04 Å². The van der Waals surface area contributed by atoms with Gasteiger partial charge in [0.1, 0.15) is 0 Å². The molecule has 1 N–H and O–H groups in total. The Balaban J connectivity index is 1.92. The Bertz CT molecular complexity index is 484. The molecule has 1 fully saturated rings. The quantitative estimate of drug-likeness (QED) is 0.847. The summed E-state index contributed by atoms with van der Waals surface area (Å²) >= 11 is 1.67. The van der Waals surface area contributed by atoms with Crippen molar-refractivity contribution in [2.24, 2.45) is 0 Å². The molecular formula is C15H22N2O2S. The van der Waals surface area contributed by atoms with Crippen LogP contribution >= 0.6 is 11.3 Å². The van der Waals surface area contributed by atoms with Gasteiger partial charge >= 0.3 is 5.97 Å². The Hall–Kier alpha value is -1.17. The molecular weight excluding hydrogens is 272 g/mol. The van der Waals surface area contributed by atoms with Crippen molar-refractivity contribution in [1.82, 2.24) is 9.80 Å². The van der Waals surface area contributed by atoms with E-state index in [1.807, 2.05) is 6.07 Å². The fourth-order valence-corrected chi connectivity index (χ4v) is 3.50. The average Bonchev–Trinajstić information content (AvgIpc) is 2.86. The smallest absolute Gasteiger partial charge is 0.328 e. The van der Waals surface area contributed by atoms with E-state index in [2.05, 4.69) is 29.8 Å². The molecule has 20 heavy (non-hydrogen) atoms. The highest BCUT2D eigenvalue weighted by Crippen LogP contribution is 2.21. The Morgan fingerprint density at radius 3 is 3.00 bits per heavy atom. The summed E-state index contributed by atoms with van der Waals surface area (Å²) in [5.41, 5.74) is 0. The molecule has 2 heterocycles. The molecule has 2 rings (SSSR count). The second-order valence-corrected chi connectivity index (χ2v) is 6.45. The van der Waals surface area contributed by atoms with Crippen LogP contribution in [0.2, 0.25) is 0 Å². The number of hydrogen-bond acceptors (Lipinski definition) is 4. The standard InChI is InChI=1S/C15H22N2O2S/c1-3-12-10-17(9-8-16(12)2)11-14-5-4-13(20-14)6-7-15(18)19/h4-7,12H,3,8-11H2,1-2H3,(H,18,19). The molecule has 1 atom stereocenters. The maximum absolute atomic E-state index is 10.5. The molecule has 0 amide bonds. The number of thiophene rings is 1. The Morgan fingerprint density at radius 1 is 1.50 bits per heavy atom. The summed E-state index contributed by atoms with van der Waals surface area (Å²) in [6, 6.07) is 4.74. The molecule has 4 nitrogen and oxygen atoms in total. The zero-order valence-corrected chi connectivity index (χ0v) is 12.9. The summed E-state index contributed by atoms with van der Waals surface area (Å²) in [7, 11) is 2.20. The van der Waals surface area contributed by atoms with Gasteiger partial charge in [-0.25, -0.2) is 4.79 Å². The van der Waals surface area contributed by atoms with E-state index in [-0.39, 0.29) is 0 Å². The van der Waals surface area contributed by atoms with E-state index in [9.17, 15) is 4.79 Å². The minimum atomic E-state index is -0.898. The van der Waals surface area contributed by atoms with E-state index in [1.165, 1.54) is 17.4 Å². The topological polar surface area (TPSA) is 43.8 Å². The number of nitrogens with zero attached hydrogens (tertiary/aromatic N) is 2. The van der Waals surface area contributed by atoms with Crippen molar-refractivity contribution < 1.29 is 9.90 Å². The van der Waals surface area contributed by atoms with Crippen LogP contribution in [0.25, 0.3) is 6.08 Å². The van der Waals surface area contributed by atoms with Crippen molar-refractivity contribution in [3.05, 3.63) is 28.0 Å². The minimum Gasteiger partial charge on any atom is -0.478 e. The number of carboxylic acid groups (broad SMARTS) is 1. The summed E-state index contributed by atoms with van der Waals surface area (Å²) in [5, 5.41) is 8.63. The van der Waals surface area contributed by atoms with Gasteiger partial charge in [-0.1, -0.05) is 6.92 Å². The van der Waals surface area contributed by atoms with Crippen LogP contribution in [0.1, 0.15) is 23.1 Å². The molecule has 0 aromatic carbocycles. The molecule has 1 aliphatic heterocycles. The first-order valence-electron chi connectivity index (χ1n) is 7.00. The second-order valence-electron chi connectivity index (χ2n) is 5.25. The van der Waals surface area contributed by atoms with Crippen molar-refractivity contribution in [2.75, 3.05) is 26.7 Å². The highest BCUT2D eigenvalue weighted by molar-refractivity contribution is 7.12. The molecule has 0 aliphatic carbocycles. The Morgan fingerprint density at radius 2 is 2.30 bits per heavy atom. The molecule has 1 unspecified atom stereocenters. The lowest BCUT2D eigenvalue weighted by molar-refractivity contribution is -0.131. The van der Waals surface area contributed by atoms with Crippen LogP contribution in [-0.4, -0.2) is 53.6 Å². The SMILES string of the molecule is CCC1CN(Cc2ccc(C=CC(=O)O)s2)CCN1C. The number of rotatable bonds is 5. The van der Waals surface area contributed by atoms with Gasteiger partial charge in [0.25, 0.3) is 0 Å². The van der Waals surface area contributed by atoms with E-state index in [4.69, 9.17) is 5.11 Å². The van der Waals surface area contributed by atoms with Crippen LogP contribution in [0, 0.1) is 0 Å². The number of piperazine rings is 1. The first kappa shape index (κ1) is 15.2. The predicted molar refractivity (Wildman–Crippen MR) is 83.0 cm³/mol. The van der Waals surface area contributed by atoms with Crippen LogP contribution in [0.3, 0.4) is 0 Å². The maximum Gasteiger partial charge on any atom is 0.328 e. The first-order valence-corrected chi connectivity index (χ1v) is 7.82. The highest BCUT2D eigenvalue weighted by Gasteiger charge is 2.22. The lowest BCUT2D eigenvalue weighted by Crippen LogP contribution is -2.50. The van der Waals surface area contributed by atoms with Crippen molar-refractivity contribution in [3.63, 3.8) is 0 Å². The molecule has 1 saturated heterocycles. The van der Waals surface area contributed by atoms with Gasteiger partial charge in [-0.15, -0.1) is 11.3 Å². The number of likely N-dealkylation sites (N-methyl/N-ethyl adjacent to an activating group) is 1. The van der Waals surface area contributed by atoms with Gasteiger partial charge in [0.15, 0.2) is 0 Å². The summed E-state index contributed by atoms with van der Waals surface area (Å²) in [5.74, 6) is -0.898. The van der Waals surface area contributed by atoms with E-state index >= 15 is 0 Å². The zero-order valence-electron chi connectivity index (χ0n) is 12.1. The van der Waals surface area contributed by atoms with Gasteiger partial charge in [0.2, 0.25) is 0 Å². The van der Waals surface area contributed by atoms with Gasteiger partial charge in [0.05, 0.1) is 0 Å². The molecule has 1 aliphatic rings. The van der Waals surface area contributed by atoms with Crippen LogP contribution < -0.4 is 0 Å². The van der Waals surface area contributed by atoms with Crippen LogP contribution in [-0.2, 0) is 11.3 Å². The lowest BCUT2D eigenvalue weighted by Gasteiger charge is -2.38. The number of aliphatic carboxylic acids is 1. The fraction of sp³-hybridized carbons (Fsp3) is 0.533. The molecule has 0 bridgehead atoms. The van der Waals surface area contributed by atoms with Gasteiger partial charge in [0, 0.05) is 48.1 Å². The van der Waals surface area contributed by atoms with Gasteiger partial charge in [-0.05, 0) is 31.7 Å². The van der Waals surface area contributed by atoms with Crippen LogP contribution in [0.4, 0.5) is 0 Å². The molecule has 0 spiro atoms. The zero-order chi connectivity index (χ0) is 14.5. The molecule has 0 saturated carbocycles. The first-order chi connectivity index (χ1) is 9.58. The largest absolute Gasteiger partial charge is 0.478 e. The molecule has 110 valence electrons. The monoisotopic (exact) mass is 294 g/mol. The summed E-state index contributed by atoms with van der Waals surface area (Å²) in [6.07, 6.45) is 4.04. The van der Waals surface area contributed by atoms with Crippen molar-refractivity contribution in [1.29, 1.82) is 0 Å². The van der Waals surface area contributed by atoms with Crippen LogP contribution in [0.5, 0.6) is 0 Å². The predicted octanol–water partition coefficient (Wildman–Crippen LogP) is 2.37. The minimum absolute atomic E-state index is 0.648. The van der Waals surface area contributed by atoms with E-state index in [1.54, 1.807) is 17.4 Å². The second kappa shape index (κ2) is 7.02. The number of carbonyl (C=O) groups is 1. The van der Waals surface area contributed by atoms with Crippen molar-refractivity contribution in [2.45, 2.75) is 25.9 Å². The third-order valence-corrected chi connectivity index (χ3v) is 4.82. The third-order valence-electron chi connectivity index (χ3n) is 3.78. The molecule has 5 heteroatoms. The summed E-state index contributed by atoms with van der Waals surface area (Å²) < 4.78 is 0. The summed E-state index contributed by atoms with van der Waals surface area (Å²) in [4.78, 5) is 17.7. The van der Waals surface area contributed by atoms with Gasteiger partial charge in [-0.3, -0.25) is 4.90 Å². The van der Waals surface area contributed by atoms with Gasteiger partial charge < -0.3 is 10.0 Å². The molecule has 0 radical (unpaired) electrons. The Labute approximate surface area is 124 Å². The fourth-order valence-electron chi connectivity index (χ4n) is 2.54. The van der Waals surface area contributed by atoms with E-state index < -0.39 is 5.97 Å².